The molecule has 6 nitrogen and oxygen atoms in total. The fraction of sp³-hybridized carbons (Fsp3) is 0.500. The first kappa shape index (κ1) is 13.1. The molecule has 0 aliphatic carbocycles. The highest BCUT2D eigenvalue weighted by Gasteiger charge is 2.29. The minimum absolute atomic E-state index is 0.0212. The Morgan fingerprint density at radius 3 is 3.10 bits per heavy atom. The van der Waals surface area contributed by atoms with E-state index in [9.17, 15) is 9.90 Å². The predicted octanol–water partition coefficient (Wildman–Crippen LogP) is 0.874. The molecule has 6 heteroatoms. The van der Waals surface area contributed by atoms with E-state index in [1.54, 1.807) is 15.8 Å². The molecule has 3 rings (SSSR count). The second kappa shape index (κ2) is 4.86. The largest absolute Gasteiger partial charge is 0.394 e. The van der Waals surface area contributed by atoms with Gasteiger partial charge in [0.1, 0.15) is 0 Å². The van der Waals surface area contributed by atoms with Crippen molar-refractivity contribution in [3.63, 3.8) is 0 Å². The average molecular weight is 274 g/mol. The lowest BCUT2D eigenvalue weighted by molar-refractivity contribution is 0.0677. The second-order valence-electron chi connectivity index (χ2n) is 5.28. The molecule has 1 unspecified atom stereocenters. The van der Waals surface area contributed by atoms with Crippen LogP contribution in [0, 0.1) is 6.92 Å². The lowest BCUT2D eigenvalue weighted by Gasteiger charge is -2.22. The molecule has 0 saturated carbocycles. The highest BCUT2D eigenvalue weighted by atomic mass is 16.3. The zero-order chi connectivity index (χ0) is 14.3. The summed E-state index contributed by atoms with van der Waals surface area (Å²) < 4.78 is 1.71. The molecule has 0 spiro atoms. The molecule has 106 valence electrons. The molecule has 1 saturated heterocycles. The minimum atomic E-state index is -0.0619. The number of likely N-dealkylation sites (tertiary alicyclic amines) is 1. The normalized spacial score (nSPS) is 18.9. The van der Waals surface area contributed by atoms with Gasteiger partial charge in [-0.05, 0) is 25.8 Å². The highest BCUT2D eigenvalue weighted by molar-refractivity contribution is 5.97. The van der Waals surface area contributed by atoms with Crippen molar-refractivity contribution >= 4 is 16.9 Å². The Kier molecular flexibility index (Phi) is 3.17. The Morgan fingerprint density at radius 2 is 2.35 bits per heavy atom. The molecule has 1 atom stereocenters. The predicted molar refractivity (Wildman–Crippen MR) is 74.4 cm³/mol. The van der Waals surface area contributed by atoms with Crippen LogP contribution in [0.15, 0.2) is 12.3 Å². The lowest BCUT2D eigenvalue weighted by Crippen LogP contribution is -2.37. The summed E-state index contributed by atoms with van der Waals surface area (Å²) in [4.78, 5) is 18.6. The van der Waals surface area contributed by atoms with Gasteiger partial charge in [-0.1, -0.05) is 0 Å². The summed E-state index contributed by atoms with van der Waals surface area (Å²) in [6.45, 7) is 2.63. The van der Waals surface area contributed by atoms with Gasteiger partial charge in [-0.3, -0.25) is 9.48 Å². The minimum Gasteiger partial charge on any atom is -0.394 e. The smallest absolute Gasteiger partial charge is 0.255 e. The number of aliphatic hydroxyl groups is 1. The molecular weight excluding hydrogens is 256 g/mol. The Balaban J connectivity index is 1.97. The zero-order valence-corrected chi connectivity index (χ0v) is 11.7. The monoisotopic (exact) mass is 274 g/mol. The number of carbonyl (C=O) groups excluding carboxylic acids is 1. The maximum absolute atomic E-state index is 12.5. The fourth-order valence-electron chi connectivity index (χ4n) is 2.88. The van der Waals surface area contributed by atoms with Gasteiger partial charge >= 0.3 is 0 Å². The number of hydrogen-bond acceptors (Lipinski definition) is 4. The summed E-state index contributed by atoms with van der Waals surface area (Å²) in [7, 11) is 1.84. The third kappa shape index (κ3) is 1.96. The molecule has 0 aromatic carbocycles. The maximum atomic E-state index is 12.5. The number of aromatic nitrogens is 3. The number of carbonyl (C=O) groups is 1. The standard InChI is InChI=1S/C14H18N4O2/c1-9-12-6-10(7-15-13(12)17(2)16-9)14(20)18-5-3-4-11(18)8-19/h6-7,11,19H,3-5,8H2,1-2H3. The zero-order valence-electron chi connectivity index (χ0n) is 11.7. The Bertz CT molecular complexity index is 664. The van der Waals surface area contributed by atoms with E-state index in [1.165, 1.54) is 0 Å². The molecule has 0 bridgehead atoms. The van der Waals surface area contributed by atoms with Gasteiger partial charge in [0, 0.05) is 25.2 Å². The van der Waals surface area contributed by atoms with Crippen LogP contribution in [0.4, 0.5) is 0 Å². The number of rotatable bonds is 2. The number of pyridine rings is 1. The number of aryl methyl sites for hydroxylation is 2. The van der Waals surface area contributed by atoms with Crippen LogP contribution in [0.3, 0.4) is 0 Å². The van der Waals surface area contributed by atoms with Gasteiger partial charge in [0.15, 0.2) is 5.65 Å². The van der Waals surface area contributed by atoms with Crippen LogP contribution in [-0.2, 0) is 7.05 Å². The molecule has 2 aromatic heterocycles. The summed E-state index contributed by atoms with van der Waals surface area (Å²) in [6.07, 6.45) is 3.40. The third-order valence-corrected chi connectivity index (χ3v) is 3.96. The molecule has 1 fully saturated rings. The summed E-state index contributed by atoms with van der Waals surface area (Å²) in [5.74, 6) is -0.0563. The summed E-state index contributed by atoms with van der Waals surface area (Å²) >= 11 is 0. The van der Waals surface area contributed by atoms with Crippen LogP contribution in [0.5, 0.6) is 0 Å². The van der Waals surface area contributed by atoms with Crippen LogP contribution < -0.4 is 0 Å². The molecule has 1 amide bonds. The first-order chi connectivity index (χ1) is 9.61. The third-order valence-electron chi connectivity index (χ3n) is 3.96. The van der Waals surface area contributed by atoms with E-state index < -0.39 is 0 Å². The van der Waals surface area contributed by atoms with Gasteiger partial charge in [-0.25, -0.2) is 4.98 Å². The Hall–Kier alpha value is -1.95. The topological polar surface area (TPSA) is 71.2 Å². The van der Waals surface area contributed by atoms with Crippen molar-refractivity contribution in [2.24, 2.45) is 7.05 Å². The second-order valence-corrected chi connectivity index (χ2v) is 5.28. The molecule has 3 heterocycles. The van der Waals surface area contributed by atoms with Crippen molar-refractivity contribution in [1.29, 1.82) is 0 Å². The number of aliphatic hydroxyl groups excluding tert-OH is 1. The van der Waals surface area contributed by atoms with Gasteiger partial charge in [0.2, 0.25) is 0 Å². The van der Waals surface area contributed by atoms with Crippen molar-refractivity contribution < 1.29 is 9.90 Å². The number of fused-ring (bicyclic) bond motifs is 1. The van der Waals surface area contributed by atoms with E-state index in [4.69, 9.17) is 0 Å². The van der Waals surface area contributed by atoms with E-state index in [-0.39, 0.29) is 18.6 Å². The van der Waals surface area contributed by atoms with Gasteiger partial charge in [-0.15, -0.1) is 0 Å². The number of hydrogen-bond donors (Lipinski definition) is 1. The molecule has 1 N–H and O–H groups in total. The van der Waals surface area contributed by atoms with Crippen LogP contribution in [0.25, 0.3) is 11.0 Å². The van der Waals surface area contributed by atoms with Crippen molar-refractivity contribution in [3.8, 4) is 0 Å². The van der Waals surface area contributed by atoms with Gasteiger partial charge in [0.05, 0.1) is 23.9 Å². The molecule has 1 aliphatic rings. The summed E-state index contributed by atoms with van der Waals surface area (Å²) in [6, 6.07) is 1.79. The fourth-order valence-corrected chi connectivity index (χ4v) is 2.88. The van der Waals surface area contributed by atoms with Gasteiger partial charge in [0.25, 0.3) is 5.91 Å². The summed E-state index contributed by atoms with van der Waals surface area (Å²) in [5, 5.41) is 14.5. The quantitative estimate of drug-likeness (QED) is 0.882. The average Bonchev–Trinajstić information content (AvgIpc) is 3.03. The molecule has 0 radical (unpaired) electrons. The number of amides is 1. The van der Waals surface area contributed by atoms with E-state index >= 15 is 0 Å². The van der Waals surface area contributed by atoms with Gasteiger partial charge in [-0.2, -0.15) is 5.10 Å². The maximum Gasteiger partial charge on any atom is 0.255 e. The van der Waals surface area contributed by atoms with E-state index in [0.29, 0.717) is 12.1 Å². The summed E-state index contributed by atoms with van der Waals surface area (Å²) in [5.41, 5.74) is 2.21. The first-order valence-corrected chi connectivity index (χ1v) is 6.83. The Labute approximate surface area is 117 Å². The van der Waals surface area contributed by atoms with Gasteiger partial charge < -0.3 is 10.0 Å². The lowest BCUT2D eigenvalue weighted by atomic mass is 10.1. The molecule has 1 aliphatic heterocycles. The van der Waals surface area contributed by atoms with Crippen molar-refractivity contribution in [2.45, 2.75) is 25.8 Å². The van der Waals surface area contributed by atoms with Crippen molar-refractivity contribution in [2.75, 3.05) is 13.2 Å². The van der Waals surface area contributed by atoms with E-state index in [2.05, 4.69) is 10.1 Å². The van der Waals surface area contributed by atoms with E-state index in [0.717, 1.165) is 29.6 Å². The molecule has 20 heavy (non-hydrogen) atoms. The SMILES string of the molecule is Cc1nn(C)c2ncc(C(=O)N3CCCC3CO)cc12. The van der Waals surface area contributed by atoms with Crippen molar-refractivity contribution in [1.82, 2.24) is 19.7 Å². The van der Waals surface area contributed by atoms with Crippen LogP contribution in [-0.4, -0.2) is 49.9 Å². The first-order valence-electron chi connectivity index (χ1n) is 6.83. The number of nitrogens with zero attached hydrogens (tertiary/aromatic N) is 4. The highest BCUT2D eigenvalue weighted by Crippen LogP contribution is 2.22. The van der Waals surface area contributed by atoms with Crippen LogP contribution in [0.2, 0.25) is 0 Å². The Morgan fingerprint density at radius 1 is 1.55 bits per heavy atom. The van der Waals surface area contributed by atoms with E-state index in [1.807, 2.05) is 20.0 Å². The van der Waals surface area contributed by atoms with Crippen molar-refractivity contribution in [3.05, 3.63) is 23.5 Å². The van der Waals surface area contributed by atoms with Crippen LogP contribution >= 0.6 is 0 Å². The molecular formula is C14H18N4O2. The van der Waals surface area contributed by atoms with Crippen LogP contribution in [0.1, 0.15) is 28.9 Å². The molecule has 2 aromatic rings.